The van der Waals surface area contributed by atoms with Gasteiger partial charge in [-0.2, -0.15) is 0 Å². The summed E-state index contributed by atoms with van der Waals surface area (Å²) < 4.78 is 0. The summed E-state index contributed by atoms with van der Waals surface area (Å²) in [6, 6.07) is 3.93. The summed E-state index contributed by atoms with van der Waals surface area (Å²) in [5.41, 5.74) is 1.91. The van der Waals surface area contributed by atoms with E-state index in [2.05, 4.69) is 15.0 Å². The molecule has 0 aromatic carbocycles. The van der Waals surface area contributed by atoms with Crippen LogP contribution in [0.25, 0.3) is 11.2 Å². The van der Waals surface area contributed by atoms with Crippen molar-refractivity contribution < 1.29 is 0 Å². The van der Waals surface area contributed by atoms with E-state index < -0.39 is 0 Å². The Balaban J connectivity index is 2.10. The summed E-state index contributed by atoms with van der Waals surface area (Å²) in [4.78, 5) is 12.0. The topological polar surface area (TPSA) is 41.6 Å². The van der Waals surface area contributed by atoms with Crippen molar-refractivity contribution in [2.24, 2.45) is 0 Å². The lowest BCUT2D eigenvalue weighted by molar-refractivity contribution is 0.404. The number of imidazole rings is 1. The van der Waals surface area contributed by atoms with Crippen LogP contribution >= 0.6 is 0 Å². The van der Waals surface area contributed by atoms with Gasteiger partial charge in [0.2, 0.25) is 0 Å². The van der Waals surface area contributed by atoms with Crippen LogP contribution in [0.4, 0.5) is 0 Å². The highest BCUT2D eigenvalue weighted by atomic mass is 15.0. The van der Waals surface area contributed by atoms with Gasteiger partial charge in [0.15, 0.2) is 5.65 Å². The van der Waals surface area contributed by atoms with E-state index in [4.69, 9.17) is 0 Å². The van der Waals surface area contributed by atoms with Gasteiger partial charge in [0, 0.05) is 12.1 Å². The van der Waals surface area contributed by atoms with Crippen LogP contribution in [-0.2, 0) is 0 Å². The molecule has 1 fully saturated rings. The second kappa shape index (κ2) is 2.55. The third-order valence-corrected chi connectivity index (χ3v) is 2.77. The Morgan fingerprint density at radius 2 is 2.31 bits per heavy atom. The maximum absolute atomic E-state index is 4.52. The van der Waals surface area contributed by atoms with Crippen molar-refractivity contribution in [2.45, 2.75) is 25.2 Å². The molecular weight excluding hydrogens is 162 g/mol. The van der Waals surface area contributed by atoms with Crippen LogP contribution in [0.1, 0.15) is 31.0 Å². The van der Waals surface area contributed by atoms with Gasteiger partial charge in [0.25, 0.3) is 0 Å². The number of H-pyrrole nitrogens is 1. The van der Waals surface area contributed by atoms with Crippen molar-refractivity contribution in [3.8, 4) is 0 Å². The van der Waals surface area contributed by atoms with Gasteiger partial charge in [-0.05, 0) is 25.0 Å². The van der Waals surface area contributed by atoms with Gasteiger partial charge in [-0.1, -0.05) is 6.42 Å². The fourth-order valence-electron chi connectivity index (χ4n) is 1.74. The van der Waals surface area contributed by atoms with E-state index in [1.807, 2.05) is 12.1 Å². The number of fused-ring (bicyclic) bond motifs is 1. The van der Waals surface area contributed by atoms with Crippen LogP contribution in [0, 0.1) is 0 Å². The third-order valence-electron chi connectivity index (χ3n) is 2.77. The zero-order chi connectivity index (χ0) is 8.67. The summed E-state index contributed by atoms with van der Waals surface area (Å²) >= 11 is 0. The average molecular weight is 173 g/mol. The van der Waals surface area contributed by atoms with E-state index in [-0.39, 0.29) is 0 Å². The largest absolute Gasteiger partial charge is 0.326 e. The summed E-state index contributed by atoms with van der Waals surface area (Å²) in [6.45, 7) is 0. The van der Waals surface area contributed by atoms with E-state index in [1.165, 1.54) is 19.3 Å². The number of nitrogens with one attached hydrogen (secondary N) is 1. The molecule has 0 aliphatic heterocycles. The van der Waals surface area contributed by atoms with Crippen LogP contribution in [-0.4, -0.2) is 15.0 Å². The van der Waals surface area contributed by atoms with Gasteiger partial charge in [-0.15, -0.1) is 0 Å². The van der Waals surface area contributed by atoms with Gasteiger partial charge in [-0.3, -0.25) is 0 Å². The monoisotopic (exact) mass is 173 g/mol. The number of hydrogen-bond donors (Lipinski definition) is 1. The highest BCUT2D eigenvalue weighted by molar-refractivity contribution is 5.70. The van der Waals surface area contributed by atoms with Crippen molar-refractivity contribution in [2.75, 3.05) is 0 Å². The first kappa shape index (κ1) is 7.06. The lowest BCUT2D eigenvalue weighted by atomic mass is 9.85. The molecule has 1 aliphatic carbocycles. The van der Waals surface area contributed by atoms with Crippen LogP contribution in [0.2, 0.25) is 0 Å². The SMILES string of the molecule is c1cnc2[nH]c(C3CCC3)nc2c1. The van der Waals surface area contributed by atoms with Gasteiger partial charge >= 0.3 is 0 Å². The normalized spacial score (nSPS) is 17.5. The molecule has 0 spiro atoms. The predicted octanol–water partition coefficient (Wildman–Crippen LogP) is 2.23. The first-order valence-corrected chi connectivity index (χ1v) is 4.74. The molecule has 0 unspecified atom stereocenters. The molecule has 1 saturated carbocycles. The Morgan fingerprint density at radius 3 is 3.00 bits per heavy atom. The zero-order valence-electron chi connectivity index (χ0n) is 7.33. The molecule has 0 bridgehead atoms. The van der Waals surface area contributed by atoms with E-state index >= 15 is 0 Å². The summed E-state index contributed by atoms with van der Waals surface area (Å²) in [5.74, 6) is 1.79. The second-order valence-corrected chi connectivity index (χ2v) is 3.62. The minimum Gasteiger partial charge on any atom is -0.326 e. The first-order chi connectivity index (χ1) is 6.43. The molecule has 1 N–H and O–H groups in total. The van der Waals surface area contributed by atoms with Crippen molar-refractivity contribution in [3.05, 3.63) is 24.2 Å². The van der Waals surface area contributed by atoms with E-state index in [9.17, 15) is 0 Å². The molecule has 3 nitrogen and oxygen atoms in total. The van der Waals surface area contributed by atoms with Crippen LogP contribution < -0.4 is 0 Å². The molecule has 66 valence electrons. The maximum Gasteiger partial charge on any atom is 0.157 e. The number of aromatic nitrogens is 3. The van der Waals surface area contributed by atoms with Gasteiger partial charge in [0.05, 0.1) is 0 Å². The average Bonchev–Trinajstić information content (AvgIpc) is 2.43. The second-order valence-electron chi connectivity index (χ2n) is 3.62. The Labute approximate surface area is 76.2 Å². The lowest BCUT2D eigenvalue weighted by Crippen LogP contribution is -2.10. The molecule has 2 aromatic rings. The molecule has 0 saturated heterocycles. The Morgan fingerprint density at radius 1 is 1.38 bits per heavy atom. The molecule has 2 aromatic heterocycles. The number of rotatable bonds is 1. The first-order valence-electron chi connectivity index (χ1n) is 4.74. The predicted molar refractivity (Wildman–Crippen MR) is 50.5 cm³/mol. The van der Waals surface area contributed by atoms with Crippen LogP contribution in [0.5, 0.6) is 0 Å². The fraction of sp³-hybridized carbons (Fsp3) is 0.400. The van der Waals surface area contributed by atoms with Crippen LogP contribution in [0.3, 0.4) is 0 Å². The number of aromatic amines is 1. The van der Waals surface area contributed by atoms with Crippen molar-refractivity contribution >= 4 is 11.2 Å². The molecule has 0 amide bonds. The molecule has 0 atom stereocenters. The van der Waals surface area contributed by atoms with Crippen molar-refractivity contribution in [1.82, 2.24) is 15.0 Å². The summed E-state index contributed by atoms with van der Waals surface area (Å²) in [7, 11) is 0. The van der Waals surface area contributed by atoms with E-state index in [1.54, 1.807) is 6.20 Å². The smallest absolute Gasteiger partial charge is 0.157 e. The highest BCUT2D eigenvalue weighted by Gasteiger charge is 2.22. The standard InChI is InChI=1S/C10H11N3/c1-3-7(4-1)9-12-8-5-2-6-11-10(8)13-9/h2,5-7H,1,3-4H2,(H,11,12,13). The van der Waals surface area contributed by atoms with Crippen LogP contribution in [0.15, 0.2) is 18.3 Å². The molecule has 0 radical (unpaired) electrons. The Kier molecular flexibility index (Phi) is 1.39. The number of nitrogens with zero attached hydrogens (tertiary/aromatic N) is 2. The maximum atomic E-state index is 4.52. The summed E-state index contributed by atoms with van der Waals surface area (Å²) in [5, 5.41) is 0. The van der Waals surface area contributed by atoms with Crippen molar-refractivity contribution in [1.29, 1.82) is 0 Å². The molecule has 3 rings (SSSR count). The quantitative estimate of drug-likeness (QED) is 0.718. The number of hydrogen-bond acceptors (Lipinski definition) is 2. The van der Waals surface area contributed by atoms with E-state index in [0.29, 0.717) is 5.92 Å². The molecule has 1 aliphatic rings. The molecule has 2 heterocycles. The van der Waals surface area contributed by atoms with Gasteiger partial charge < -0.3 is 4.98 Å². The van der Waals surface area contributed by atoms with Gasteiger partial charge in [0.1, 0.15) is 11.3 Å². The Bertz CT molecular complexity index is 395. The molecule has 3 heteroatoms. The number of pyridine rings is 1. The Hall–Kier alpha value is -1.38. The third kappa shape index (κ3) is 1.03. The van der Waals surface area contributed by atoms with E-state index in [0.717, 1.165) is 17.0 Å². The zero-order valence-corrected chi connectivity index (χ0v) is 7.33. The minimum atomic E-state index is 0.661. The highest BCUT2D eigenvalue weighted by Crippen LogP contribution is 2.35. The summed E-state index contributed by atoms with van der Waals surface area (Å²) in [6.07, 6.45) is 5.69. The fourth-order valence-corrected chi connectivity index (χ4v) is 1.74. The van der Waals surface area contributed by atoms with Gasteiger partial charge in [-0.25, -0.2) is 9.97 Å². The molecule has 13 heavy (non-hydrogen) atoms. The van der Waals surface area contributed by atoms with Crippen molar-refractivity contribution in [3.63, 3.8) is 0 Å². The lowest BCUT2D eigenvalue weighted by Gasteiger charge is -2.22. The minimum absolute atomic E-state index is 0.661. The molecular formula is C10H11N3.